The Balaban J connectivity index is 2.24. The number of benzene rings is 1. The van der Waals surface area contributed by atoms with Gasteiger partial charge >= 0.3 is 0 Å². The summed E-state index contributed by atoms with van der Waals surface area (Å²) in [6, 6.07) is 10.9. The Morgan fingerprint density at radius 1 is 0.536 bits per heavy atom. The third-order valence-electron chi connectivity index (χ3n) is 5.87. The van der Waals surface area contributed by atoms with E-state index in [1.807, 2.05) is 0 Å². The van der Waals surface area contributed by atoms with Crippen molar-refractivity contribution in [3.63, 3.8) is 0 Å². The van der Waals surface area contributed by atoms with Gasteiger partial charge in [0.25, 0.3) is 0 Å². The quantitative estimate of drug-likeness (QED) is 0.208. The molecule has 0 saturated heterocycles. The molecule has 1 aromatic rings. The largest absolute Gasteiger partial charge is 0.0696 e. The van der Waals surface area contributed by atoms with Gasteiger partial charge in [-0.25, -0.2) is 0 Å². The molecule has 0 fully saturated rings. The molecule has 0 spiro atoms. The van der Waals surface area contributed by atoms with E-state index in [0.717, 1.165) is 0 Å². The van der Waals surface area contributed by atoms with Crippen LogP contribution in [0.3, 0.4) is 0 Å². The highest BCUT2D eigenvalue weighted by molar-refractivity contribution is 5.52. The van der Waals surface area contributed by atoms with Gasteiger partial charge in [0, 0.05) is 0 Å². The van der Waals surface area contributed by atoms with Crippen LogP contribution < -0.4 is 0 Å². The van der Waals surface area contributed by atoms with Crippen molar-refractivity contribution in [2.24, 2.45) is 0 Å². The highest BCUT2D eigenvalue weighted by Gasteiger charge is 2.01. The third-order valence-corrected chi connectivity index (χ3v) is 5.87. The molecule has 28 heavy (non-hydrogen) atoms. The minimum Gasteiger partial charge on any atom is -0.0696 e. The van der Waals surface area contributed by atoms with Gasteiger partial charge in [-0.3, -0.25) is 0 Å². The number of allylic oxidation sites excluding steroid dienone is 1. The number of hydrogen-bond donors (Lipinski definition) is 0. The molecule has 0 aliphatic heterocycles. The van der Waals surface area contributed by atoms with E-state index in [4.69, 9.17) is 0 Å². The van der Waals surface area contributed by atoms with Gasteiger partial charge in [0.2, 0.25) is 0 Å². The molecule has 0 heteroatoms. The van der Waals surface area contributed by atoms with Crippen molar-refractivity contribution in [2.45, 2.75) is 129 Å². The van der Waals surface area contributed by atoms with Gasteiger partial charge in [-0.05, 0) is 31.2 Å². The first-order valence-electron chi connectivity index (χ1n) is 12.6. The molecule has 0 aromatic heterocycles. The fourth-order valence-corrected chi connectivity index (χ4v) is 4.03. The molecule has 160 valence electrons. The first-order chi connectivity index (χ1) is 13.9. The van der Waals surface area contributed by atoms with E-state index in [-0.39, 0.29) is 0 Å². The van der Waals surface area contributed by atoms with E-state index in [0.29, 0.717) is 0 Å². The van der Waals surface area contributed by atoms with Crippen LogP contribution in [0.1, 0.15) is 135 Å². The Bertz CT molecular complexity index is 434. The summed E-state index contributed by atoms with van der Waals surface area (Å²) in [7, 11) is 0. The molecular formula is C28H48. The van der Waals surface area contributed by atoms with Crippen LogP contribution in [0.4, 0.5) is 0 Å². The van der Waals surface area contributed by atoms with E-state index in [2.05, 4.69) is 50.3 Å². The minimum absolute atomic E-state index is 1.31. The van der Waals surface area contributed by atoms with Gasteiger partial charge in [-0.2, -0.15) is 0 Å². The molecule has 0 unspecified atom stereocenters. The van der Waals surface area contributed by atoms with E-state index in [1.165, 1.54) is 121 Å². The van der Waals surface area contributed by atoms with Crippen molar-refractivity contribution in [1.82, 2.24) is 0 Å². The lowest BCUT2D eigenvalue weighted by molar-refractivity contribution is 0.561. The minimum atomic E-state index is 1.31. The second-order valence-corrected chi connectivity index (χ2v) is 8.66. The van der Waals surface area contributed by atoms with Gasteiger partial charge in [0.05, 0.1) is 0 Å². The number of unbranched alkanes of at least 4 members (excludes halogenated alkanes) is 14. The molecule has 1 rings (SSSR count). The van der Waals surface area contributed by atoms with Gasteiger partial charge in [-0.1, -0.05) is 146 Å². The summed E-state index contributed by atoms with van der Waals surface area (Å²) in [5, 5.41) is 0. The second kappa shape index (κ2) is 19.3. The lowest BCUT2D eigenvalue weighted by Gasteiger charge is -2.09. The van der Waals surface area contributed by atoms with Crippen molar-refractivity contribution in [3.8, 4) is 0 Å². The maximum atomic E-state index is 2.47. The maximum Gasteiger partial charge on any atom is -0.0257 e. The summed E-state index contributed by atoms with van der Waals surface area (Å²) in [4.78, 5) is 0. The average Bonchev–Trinajstić information content (AvgIpc) is 2.72. The Kier molecular flexibility index (Phi) is 17.2. The van der Waals surface area contributed by atoms with Gasteiger partial charge in [-0.15, -0.1) is 0 Å². The zero-order chi connectivity index (χ0) is 20.1. The zero-order valence-corrected chi connectivity index (χ0v) is 19.2. The fraction of sp³-hybridized carbons (Fsp3) is 0.714. The SMILES string of the molecule is CCCCCCCCCCC(=Cc1ccccc1)CCCCCCCCCC. The monoisotopic (exact) mass is 384 g/mol. The van der Waals surface area contributed by atoms with E-state index in [1.54, 1.807) is 5.57 Å². The summed E-state index contributed by atoms with van der Waals surface area (Å²) < 4.78 is 0. The van der Waals surface area contributed by atoms with E-state index >= 15 is 0 Å². The molecule has 0 bridgehead atoms. The van der Waals surface area contributed by atoms with Crippen molar-refractivity contribution in [1.29, 1.82) is 0 Å². The predicted molar refractivity (Wildman–Crippen MR) is 129 cm³/mol. The number of rotatable bonds is 19. The van der Waals surface area contributed by atoms with Crippen molar-refractivity contribution >= 4 is 6.08 Å². The molecular weight excluding hydrogens is 336 g/mol. The molecule has 0 N–H and O–H groups in total. The predicted octanol–water partition coefficient (Wildman–Crippen LogP) is 10.1. The third kappa shape index (κ3) is 14.9. The zero-order valence-electron chi connectivity index (χ0n) is 19.2. The molecule has 0 radical (unpaired) electrons. The van der Waals surface area contributed by atoms with E-state index in [9.17, 15) is 0 Å². The van der Waals surface area contributed by atoms with Crippen molar-refractivity contribution in [3.05, 3.63) is 41.5 Å². The molecule has 0 heterocycles. The van der Waals surface area contributed by atoms with Crippen LogP contribution >= 0.6 is 0 Å². The van der Waals surface area contributed by atoms with E-state index < -0.39 is 0 Å². The molecule has 0 nitrogen and oxygen atoms in total. The highest BCUT2D eigenvalue weighted by atomic mass is 14.1. The van der Waals surface area contributed by atoms with Crippen LogP contribution in [0.2, 0.25) is 0 Å². The fourth-order valence-electron chi connectivity index (χ4n) is 4.03. The summed E-state index contributed by atoms with van der Waals surface area (Å²) in [5.41, 5.74) is 3.07. The molecule has 0 saturated carbocycles. The Labute approximate surface area is 177 Å². The maximum absolute atomic E-state index is 2.47. The first kappa shape index (κ1) is 25.0. The van der Waals surface area contributed by atoms with Gasteiger partial charge in [0.1, 0.15) is 0 Å². The van der Waals surface area contributed by atoms with Crippen LogP contribution in [-0.2, 0) is 0 Å². The summed E-state index contributed by atoms with van der Waals surface area (Å²) in [6.07, 6.45) is 27.7. The topological polar surface area (TPSA) is 0 Å². The van der Waals surface area contributed by atoms with Crippen LogP contribution in [0.15, 0.2) is 35.9 Å². The first-order valence-corrected chi connectivity index (χ1v) is 12.6. The molecule has 0 amide bonds. The number of hydrogen-bond acceptors (Lipinski definition) is 0. The normalized spacial score (nSPS) is 10.9. The van der Waals surface area contributed by atoms with Crippen LogP contribution in [0.25, 0.3) is 6.08 Å². The Morgan fingerprint density at radius 2 is 0.929 bits per heavy atom. The average molecular weight is 385 g/mol. The van der Waals surface area contributed by atoms with Crippen molar-refractivity contribution < 1.29 is 0 Å². The summed E-state index contributed by atoms with van der Waals surface area (Å²) in [5.74, 6) is 0. The lowest BCUT2D eigenvalue weighted by atomic mass is 9.97. The van der Waals surface area contributed by atoms with Crippen LogP contribution in [0, 0.1) is 0 Å². The molecule has 0 aliphatic carbocycles. The molecule has 0 atom stereocenters. The summed E-state index contributed by atoms with van der Waals surface area (Å²) >= 11 is 0. The van der Waals surface area contributed by atoms with Gasteiger partial charge < -0.3 is 0 Å². The standard InChI is InChI=1S/C28H48/c1-3-5-7-9-11-13-15-18-22-27(26-28-24-20-17-21-25-28)23-19-16-14-12-10-8-6-4-2/h17,20-21,24-26H,3-16,18-19,22-23H2,1-2H3. The molecule has 0 aliphatic rings. The lowest BCUT2D eigenvalue weighted by Crippen LogP contribution is -1.89. The van der Waals surface area contributed by atoms with Crippen molar-refractivity contribution in [2.75, 3.05) is 0 Å². The van der Waals surface area contributed by atoms with Crippen LogP contribution in [-0.4, -0.2) is 0 Å². The van der Waals surface area contributed by atoms with Crippen LogP contribution in [0.5, 0.6) is 0 Å². The Morgan fingerprint density at radius 3 is 1.36 bits per heavy atom. The highest BCUT2D eigenvalue weighted by Crippen LogP contribution is 2.21. The molecule has 1 aromatic carbocycles. The van der Waals surface area contributed by atoms with Gasteiger partial charge in [0.15, 0.2) is 0 Å². The Hall–Kier alpha value is -1.04. The smallest absolute Gasteiger partial charge is 0.0257 e. The second-order valence-electron chi connectivity index (χ2n) is 8.66. The summed E-state index contributed by atoms with van der Waals surface area (Å²) in [6.45, 7) is 4.60.